The molecule has 0 aliphatic carbocycles. The molecule has 2 aromatic rings. The van der Waals surface area contributed by atoms with Crippen LogP contribution in [0.15, 0.2) is 24.5 Å². The number of pyridine rings is 1. The third-order valence-electron chi connectivity index (χ3n) is 2.86. The van der Waals surface area contributed by atoms with Crippen molar-refractivity contribution in [3.8, 4) is 0 Å². The highest BCUT2D eigenvalue weighted by Crippen LogP contribution is 2.09. The number of nitrogens with zero attached hydrogens (tertiary/aromatic N) is 3. The first-order chi connectivity index (χ1) is 9.58. The molecule has 0 saturated carbocycles. The summed E-state index contributed by atoms with van der Waals surface area (Å²) in [5.74, 6) is 0.591. The van der Waals surface area contributed by atoms with Crippen molar-refractivity contribution in [1.29, 1.82) is 0 Å². The fraction of sp³-hybridized carbons (Fsp3) is 0.357. The van der Waals surface area contributed by atoms with E-state index in [1.165, 1.54) is 0 Å². The quantitative estimate of drug-likeness (QED) is 0.863. The van der Waals surface area contributed by atoms with Gasteiger partial charge in [-0.05, 0) is 31.5 Å². The number of amides is 1. The highest BCUT2D eigenvalue weighted by Gasteiger charge is 2.07. The summed E-state index contributed by atoms with van der Waals surface area (Å²) >= 11 is 0. The summed E-state index contributed by atoms with van der Waals surface area (Å²) in [5, 5.41) is 9.99. The predicted octanol–water partition coefficient (Wildman–Crippen LogP) is 1.37. The van der Waals surface area contributed by atoms with Crippen LogP contribution in [-0.4, -0.2) is 34.3 Å². The average Bonchev–Trinajstić information content (AvgIpc) is 2.83. The van der Waals surface area contributed by atoms with Gasteiger partial charge in [-0.15, -0.1) is 0 Å². The van der Waals surface area contributed by atoms with Gasteiger partial charge in [-0.3, -0.25) is 9.48 Å². The third-order valence-corrected chi connectivity index (χ3v) is 2.86. The van der Waals surface area contributed by atoms with E-state index in [0.29, 0.717) is 24.5 Å². The number of aryl methyl sites for hydroxylation is 2. The lowest BCUT2D eigenvalue weighted by Gasteiger charge is -2.08. The number of hydrogen-bond acceptors (Lipinski definition) is 4. The Bertz CT molecular complexity index is 605. The monoisotopic (exact) mass is 273 g/mol. The summed E-state index contributed by atoms with van der Waals surface area (Å²) in [4.78, 5) is 16.3. The first kappa shape index (κ1) is 14.0. The Hall–Kier alpha value is -2.37. The van der Waals surface area contributed by atoms with Crippen molar-refractivity contribution >= 4 is 11.7 Å². The van der Waals surface area contributed by atoms with E-state index in [1.54, 1.807) is 25.4 Å². The number of anilines is 1. The molecule has 0 atom stereocenters. The summed E-state index contributed by atoms with van der Waals surface area (Å²) in [6.45, 7) is 5.05. The zero-order chi connectivity index (χ0) is 14.5. The Balaban J connectivity index is 1.93. The first-order valence-corrected chi connectivity index (χ1v) is 6.52. The van der Waals surface area contributed by atoms with Crippen LogP contribution in [0.2, 0.25) is 0 Å². The van der Waals surface area contributed by atoms with Gasteiger partial charge in [0.15, 0.2) is 0 Å². The molecule has 20 heavy (non-hydrogen) atoms. The maximum absolute atomic E-state index is 12.1. The van der Waals surface area contributed by atoms with Crippen molar-refractivity contribution in [1.82, 2.24) is 20.1 Å². The Morgan fingerprint density at radius 1 is 1.35 bits per heavy atom. The van der Waals surface area contributed by atoms with Crippen LogP contribution in [0.3, 0.4) is 0 Å². The van der Waals surface area contributed by atoms with Crippen molar-refractivity contribution in [2.45, 2.75) is 20.4 Å². The third kappa shape index (κ3) is 3.57. The predicted molar refractivity (Wildman–Crippen MR) is 77.8 cm³/mol. The van der Waals surface area contributed by atoms with Gasteiger partial charge in [-0.2, -0.15) is 5.10 Å². The van der Waals surface area contributed by atoms with E-state index in [2.05, 4.69) is 20.7 Å². The molecule has 6 heteroatoms. The minimum absolute atomic E-state index is 0.101. The molecule has 2 heterocycles. The zero-order valence-corrected chi connectivity index (χ0v) is 12.0. The summed E-state index contributed by atoms with van der Waals surface area (Å²) in [5.41, 5.74) is 2.53. The van der Waals surface area contributed by atoms with Crippen molar-refractivity contribution in [3.63, 3.8) is 0 Å². The molecule has 0 unspecified atom stereocenters. The van der Waals surface area contributed by atoms with Crippen LogP contribution in [0.1, 0.15) is 21.6 Å². The van der Waals surface area contributed by atoms with Gasteiger partial charge >= 0.3 is 0 Å². The van der Waals surface area contributed by atoms with Crippen LogP contribution in [0.5, 0.6) is 0 Å². The molecule has 1 amide bonds. The minimum atomic E-state index is -0.101. The average molecular weight is 273 g/mol. The van der Waals surface area contributed by atoms with Gasteiger partial charge in [-0.25, -0.2) is 4.98 Å². The van der Waals surface area contributed by atoms with E-state index < -0.39 is 0 Å². The van der Waals surface area contributed by atoms with Gasteiger partial charge in [0.05, 0.1) is 12.7 Å². The Kier molecular flexibility index (Phi) is 4.34. The maximum atomic E-state index is 12.1. The normalized spacial score (nSPS) is 10.3. The lowest BCUT2D eigenvalue weighted by atomic mass is 10.2. The molecule has 2 rings (SSSR count). The Morgan fingerprint density at radius 2 is 2.15 bits per heavy atom. The molecule has 106 valence electrons. The standard InChI is InChI=1S/C14H19N5O/c1-10-8-17-19(9-10)5-4-16-14(20)12-6-11(2)18-13(7-12)15-3/h6-9H,4-5H2,1-3H3,(H,15,18)(H,16,20). The molecule has 2 N–H and O–H groups in total. The SMILES string of the molecule is CNc1cc(C(=O)NCCn2cc(C)cn2)cc(C)n1. The van der Waals surface area contributed by atoms with E-state index in [9.17, 15) is 4.79 Å². The molecular weight excluding hydrogens is 254 g/mol. The molecular formula is C14H19N5O. The summed E-state index contributed by atoms with van der Waals surface area (Å²) < 4.78 is 1.81. The topological polar surface area (TPSA) is 71.8 Å². The smallest absolute Gasteiger partial charge is 0.251 e. The molecule has 0 bridgehead atoms. The summed E-state index contributed by atoms with van der Waals surface area (Å²) in [6, 6.07) is 3.51. The van der Waals surface area contributed by atoms with Crippen LogP contribution in [0.4, 0.5) is 5.82 Å². The maximum Gasteiger partial charge on any atom is 0.251 e. The number of hydrogen-bond donors (Lipinski definition) is 2. The van der Waals surface area contributed by atoms with E-state index in [0.717, 1.165) is 11.3 Å². The minimum Gasteiger partial charge on any atom is -0.373 e. The van der Waals surface area contributed by atoms with Gasteiger partial charge < -0.3 is 10.6 Å². The Morgan fingerprint density at radius 3 is 2.80 bits per heavy atom. The van der Waals surface area contributed by atoms with E-state index >= 15 is 0 Å². The molecule has 0 radical (unpaired) electrons. The molecule has 0 fully saturated rings. The lowest BCUT2D eigenvalue weighted by molar-refractivity contribution is 0.0952. The second kappa shape index (κ2) is 6.18. The fourth-order valence-corrected chi connectivity index (χ4v) is 1.90. The van der Waals surface area contributed by atoms with Crippen LogP contribution in [0.25, 0.3) is 0 Å². The van der Waals surface area contributed by atoms with E-state index in [1.807, 2.05) is 24.7 Å². The molecule has 0 aromatic carbocycles. The zero-order valence-electron chi connectivity index (χ0n) is 12.0. The van der Waals surface area contributed by atoms with Gasteiger partial charge in [0.25, 0.3) is 5.91 Å². The molecule has 6 nitrogen and oxygen atoms in total. The summed E-state index contributed by atoms with van der Waals surface area (Å²) in [6.07, 6.45) is 3.75. The van der Waals surface area contributed by atoms with Gasteiger partial charge in [0.1, 0.15) is 5.82 Å². The van der Waals surface area contributed by atoms with Crippen LogP contribution < -0.4 is 10.6 Å². The lowest BCUT2D eigenvalue weighted by Crippen LogP contribution is -2.27. The van der Waals surface area contributed by atoms with Gasteiger partial charge in [-0.1, -0.05) is 0 Å². The second-order valence-corrected chi connectivity index (χ2v) is 4.67. The van der Waals surface area contributed by atoms with E-state index in [-0.39, 0.29) is 5.91 Å². The largest absolute Gasteiger partial charge is 0.373 e. The van der Waals surface area contributed by atoms with Crippen molar-refractivity contribution in [2.75, 3.05) is 18.9 Å². The van der Waals surface area contributed by atoms with Crippen molar-refractivity contribution < 1.29 is 4.79 Å². The van der Waals surface area contributed by atoms with Crippen molar-refractivity contribution in [2.24, 2.45) is 0 Å². The number of carbonyl (C=O) groups excluding carboxylic acids is 1. The van der Waals surface area contributed by atoms with Crippen LogP contribution >= 0.6 is 0 Å². The molecule has 0 spiro atoms. The van der Waals surface area contributed by atoms with E-state index in [4.69, 9.17) is 0 Å². The van der Waals surface area contributed by atoms with Crippen molar-refractivity contribution in [3.05, 3.63) is 41.3 Å². The molecule has 0 aliphatic heterocycles. The highest BCUT2D eigenvalue weighted by molar-refractivity contribution is 5.94. The molecule has 2 aromatic heterocycles. The first-order valence-electron chi connectivity index (χ1n) is 6.52. The van der Waals surface area contributed by atoms with Gasteiger partial charge in [0, 0.05) is 31.0 Å². The molecule has 0 saturated heterocycles. The molecule has 0 aliphatic rings. The summed E-state index contributed by atoms with van der Waals surface area (Å²) in [7, 11) is 1.78. The number of carbonyl (C=O) groups is 1. The van der Waals surface area contributed by atoms with Gasteiger partial charge in [0.2, 0.25) is 0 Å². The van der Waals surface area contributed by atoms with Crippen LogP contribution in [-0.2, 0) is 6.54 Å². The Labute approximate surface area is 118 Å². The van der Waals surface area contributed by atoms with Crippen LogP contribution in [0, 0.1) is 13.8 Å². The number of rotatable bonds is 5. The number of nitrogens with one attached hydrogen (secondary N) is 2. The number of aromatic nitrogens is 3. The fourth-order valence-electron chi connectivity index (χ4n) is 1.90. The second-order valence-electron chi connectivity index (χ2n) is 4.67. The highest BCUT2D eigenvalue weighted by atomic mass is 16.1.